The Morgan fingerprint density at radius 3 is 0.638 bits per heavy atom. The van der Waals surface area contributed by atoms with E-state index in [4.69, 9.17) is 106 Å². The van der Waals surface area contributed by atoms with Crippen molar-refractivity contribution < 1.29 is 63.8 Å². The summed E-state index contributed by atoms with van der Waals surface area (Å²) < 4.78 is 40.3. The third kappa shape index (κ3) is 18.6. The highest BCUT2D eigenvalue weighted by Crippen LogP contribution is 2.27. The van der Waals surface area contributed by atoms with Crippen molar-refractivity contribution in [2.45, 2.75) is 78.2 Å². The maximum Gasteiger partial charge on any atom is 0.188 e. The standard InChI is InChI=1S/C28H46O13S6/c1-15(29)21(42)36-9-27(10-37-22(43)16(2)30,11-38-23(44)17(3)31)7-35-8-28(12-39-24(45)18(4)32,13-40-25(46)19(5)33)14-41-26(47)20(6)34/h15-20,29-34H,7-14H2,1-6H3. The van der Waals surface area contributed by atoms with E-state index in [1.54, 1.807) is 0 Å². The zero-order valence-electron chi connectivity index (χ0n) is 27.1. The van der Waals surface area contributed by atoms with Crippen molar-refractivity contribution in [1.29, 1.82) is 0 Å². The van der Waals surface area contributed by atoms with Crippen LogP contribution in [0.3, 0.4) is 0 Å². The molecule has 6 atom stereocenters. The van der Waals surface area contributed by atoms with E-state index in [0.29, 0.717) is 0 Å². The van der Waals surface area contributed by atoms with Crippen LogP contribution in [0.5, 0.6) is 0 Å². The summed E-state index contributed by atoms with van der Waals surface area (Å²) in [7, 11) is 0. The Morgan fingerprint density at radius 1 is 0.362 bits per heavy atom. The minimum absolute atomic E-state index is 0.139. The minimum atomic E-state index is -1.29. The second-order valence-electron chi connectivity index (χ2n) is 11.2. The van der Waals surface area contributed by atoms with Gasteiger partial charge in [-0.25, -0.2) is 0 Å². The van der Waals surface area contributed by atoms with E-state index in [2.05, 4.69) is 0 Å². The van der Waals surface area contributed by atoms with Gasteiger partial charge in [0.1, 0.15) is 76.3 Å². The summed E-state index contributed by atoms with van der Waals surface area (Å²) in [6, 6.07) is 0. The first kappa shape index (κ1) is 46.1. The molecule has 0 bridgehead atoms. The number of ether oxygens (including phenoxy) is 7. The Morgan fingerprint density at radius 2 is 0.511 bits per heavy atom. The molecule has 0 aromatic heterocycles. The monoisotopic (exact) mass is 782 g/mol. The third-order valence-corrected chi connectivity index (χ3v) is 8.74. The summed E-state index contributed by atoms with van der Waals surface area (Å²) in [5.41, 5.74) is -2.58. The Balaban J connectivity index is 6.64. The van der Waals surface area contributed by atoms with Crippen LogP contribution in [0.25, 0.3) is 0 Å². The molecule has 0 spiro atoms. The molecule has 47 heavy (non-hydrogen) atoms. The first-order valence-corrected chi connectivity index (χ1v) is 16.8. The van der Waals surface area contributed by atoms with Crippen molar-refractivity contribution in [1.82, 2.24) is 0 Å². The first-order chi connectivity index (χ1) is 21.7. The smallest absolute Gasteiger partial charge is 0.188 e. The number of hydrogen-bond acceptors (Lipinski definition) is 19. The van der Waals surface area contributed by atoms with Gasteiger partial charge >= 0.3 is 0 Å². The predicted octanol–water partition coefficient (Wildman–Crippen LogP) is 1.32. The van der Waals surface area contributed by atoms with Gasteiger partial charge < -0.3 is 63.8 Å². The molecular formula is C28H46O13S6. The first-order valence-electron chi connectivity index (χ1n) is 14.3. The maximum absolute atomic E-state index is 9.92. The summed E-state index contributed by atoms with van der Waals surface area (Å²) in [6.45, 7) is 6.44. The molecule has 0 aromatic rings. The van der Waals surface area contributed by atoms with Crippen LogP contribution in [0.15, 0.2) is 0 Å². The molecule has 0 fully saturated rings. The molecule has 0 aliphatic heterocycles. The van der Waals surface area contributed by atoms with E-state index in [1.165, 1.54) is 41.5 Å². The van der Waals surface area contributed by atoms with Crippen LogP contribution in [0.4, 0.5) is 0 Å². The molecular weight excluding hydrogens is 737 g/mol. The average Bonchev–Trinajstić information content (AvgIpc) is 3.00. The molecule has 0 saturated heterocycles. The van der Waals surface area contributed by atoms with Gasteiger partial charge in [0, 0.05) is 0 Å². The number of aliphatic hydroxyl groups excluding tert-OH is 6. The highest BCUT2D eigenvalue weighted by atomic mass is 32.1. The second-order valence-corrected chi connectivity index (χ2v) is 13.6. The Kier molecular flexibility index (Phi) is 22.3. The van der Waals surface area contributed by atoms with Crippen molar-refractivity contribution in [3.05, 3.63) is 0 Å². The van der Waals surface area contributed by atoms with Crippen LogP contribution < -0.4 is 0 Å². The van der Waals surface area contributed by atoms with Gasteiger partial charge in [-0.15, -0.1) is 0 Å². The van der Waals surface area contributed by atoms with E-state index < -0.39 is 47.5 Å². The van der Waals surface area contributed by atoms with E-state index >= 15 is 0 Å². The zero-order chi connectivity index (χ0) is 36.5. The van der Waals surface area contributed by atoms with E-state index in [9.17, 15) is 30.6 Å². The second kappa shape index (κ2) is 22.7. The van der Waals surface area contributed by atoms with Gasteiger partial charge in [-0.05, 0) is 115 Å². The van der Waals surface area contributed by atoms with Crippen molar-refractivity contribution in [2.75, 3.05) is 52.9 Å². The molecule has 0 aliphatic carbocycles. The predicted molar refractivity (Wildman–Crippen MR) is 197 cm³/mol. The van der Waals surface area contributed by atoms with Crippen molar-refractivity contribution in [3.8, 4) is 0 Å². The van der Waals surface area contributed by atoms with Crippen LogP contribution in [0.2, 0.25) is 0 Å². The lowest BCUT2D eigenvalue weighted by atomic mass is 9.90. The van der Waals surface area contributed by atoms with E-state index in [0.717, 1.165) is 0 Å². The molecule has 0 amide bonds. The fourth-order valence-corrected chi connectivity index (χ4v) is 3.41. The Hall–Kier alpha value is -0.940. The Labute approximate surface area is 307 Å². The maximum atomic E-state index is 9.92. The molecule has 19 heteroatoms. The van der Waals surface area contributed by atoms with E-state index in [1.807, 2.05) is 0 Å². The minimum Gasteiger partial charge on any atom is -0.484 e. The molecule has 272 valence electrons. The number of hydrogen-bond donors (Lipinski definition) is 6. The molecule has 6 unspecified atom stereocenters. The van der Waals surface area contributed by atoms with Crippen molar-refractivity contribution in [3.63, 3.8) is 0 Å². The normalized spacial score (nSPS) is 17.6. The van der Waals surface area contributed by atoms with Gasteiger partial charge in [-0.2, -0.15) is 0 Å². The fraction of sp³-hybridized carbons (Fsp3) is 0.786. The van der Waals surface area contributed by atoms with Gasteiger partial charge in [0.15, 0.2) is 30.3 Å². The van der Waals surface area contributed by atoms with Gasteiger partial charge in [-0.1, -0.05) is 0 Å². The highest BCUT2D eigenvalue weighted by molar-refractivity contribution is 7.81. The fourth-order valence-electron chi connectivity index (χ4n) is 3.05. The molecule has 0 radical (unpaired) electrons. The largest absolute Gasteiger partial charge is 0.484 e. The lowest BCUT2D eigenvalue weighted by Gasteiger charge is -2.37. The summed E-state index contributed by atoms with van der Waals surface area (Å²) in [5.74, 6) is 0. The van der Waals surface area contributed by atoms with Crippen LogP contribution in [0, 0.1) is 10.8 Å². The lowest BCUT2D eigenvalue weighted by molar-refractivity contribution is -0.0965. The van der Waals surface area contributed by atoms with Crippen LogP contribution in [0.1, 0.15) is 41.5 Å². The highest BCUT2D eigenvalue weighted by Gasteiger charge is 2.40. The van der Waals surface area contributed by atoms with Gasteiger partial charge in [0.05, 0.1) is 24.0 Å². The van der Waals surface area contributed by atoms with E-state index in [-0.39, 0.29) is 83.2 Å². The van der Waals surface area contributed by atoms with Crippen LogP contribution in [-0.4, -0.2) is 150 Å². The number of aliphatic hydroxyl groups is 6. The van der Waals surface area contributed by atoms with Crippen LogP contribution >= 0.6 is 73.3 Å². The quantitative estimate of drug-likeness (QED) is 0.0864. The summed E-state index contributed by atoms with van der Waals surface area (Å²) in [5, 5.41) is 58.7. The summed E-state index contributed by atoms with van der Waals surface area (Å²) >= 11 is 30.8. The average molecular weight is 783 g/mol. The third-order valence-electron chi connectivity index (χ3n) is 5.99. The molecule has 0 saturated carbocycles. The lowest BCUT2D eigenvalue weighted by Crippen LogP contribution is -2.48. The van der Waals surface area contributed by atoms with Gasteiger partial charge in [-0.3, -0.25) is 0 Å². The molecule has 0 rings (SSSR count). The Bertz CT molecular complexity index is 850. The molecule has 0 aliphatic rings. The molecule has 6 N–H and O–H groups in total. The van der Waals surface area contributed by atoms with Gasteiger partial charge in [0.25, 0.3) is 0 Å². The van der Waals surface area contributed by atoms with Crippen LogP contribution in [-0.2, 0) is 33.2 Å². The summed E-state index contributed by atoms with van der Waals surface area (Å²) in [4.78, 5) is 0. The number of rotatable bonds is 22. The SMILES string of the molecule is CC(O)C(=S)OCC(COCC(COC(=S)C(C)O)(COC(=S)C(C)O)COC(=S)C(C)O)(COC(=S)C(C)O)COC(=S)C(C)O. The zero-order valence-corrected chi connectivity index (χ0v) is 32.0. The molecule has 0 aromatic carbocycles. The molecule has 13 nitrogen and oxygen atoms in total. The van der Waals surface area contributed by atoms with Crippen molar-refractivity contribution >= 4 is 104 Å². The van der Waals surface area contributed by atoms with Crippen molar-refractivity contribution in [2.24, 2.45) is 10.8 Å². The van der Waals surface area contributed by atoms with Gasteiger partial charge in [0.2, 0.25) is 0 Å². The summed E-state index contributed by atoms with van der Waals surface area (Å²) in [6.07, 6.45) is -6.61. The molecule has 0 heterocycles. The topological polar surface area (TPSA) is 186 Å². The number of thiocarbonyl (C=S) groups is 6.